The Bertz CT molecular complexity index is 556. The summed E-state index contributed by atoms with van der Waals surface area (Å²) >= 11 is 5.94. The van der Waals surface area contributed by atoms with Gasteiger partial charge in [0.05, 0.1) is 4.90 Å². The molecule has 2 N–H and O–H groups in total. The van der Waals surface area contributed by atoms with E-state index in [0.717, 1.165) is 6.42 Å². The van der Waals surface area contributed by atoms with Crippen LogP contribution >= 0.6 is 11.6 Å². The highest BCUT2D eigenvalue weighted by Crippen LogP contribution is 2.23. The van der Waals surface area contributed by atoms with Crippen molar-refractivity contribution in [2.75, 3.05) is 13.2 Å². The van der Waals surface area contributed by atoms with Crippen molar-refractivity contribution in [1.82, 2.24) is 4.72 Å². The van der Waals surface area contributed by atoms with Crippen molar-refractivity contribution in [3.63, 3.8) is 0 Å². The lowest BCUT2D eigenvalue weighted by molar-refractivity contribution is 0.148. The molecule has 114 valence electrons. The van der Waals surface area contributed by atoms with Crippen LogP contribution in [0.4, 0.5) is 0 Å². The molecular weight excluding hydrogens is 298 g/mol. The molecule has 20 heavy (non-hydrogen) atoms. The van der Waals surface area contributed by atoms with Crippen LogP contribution < -0.4 is 4.72 Å². The van der Waals surface area contributed by atoms with Crippen molar-refractivity contribution in [3.05, 3.63) is 28.8 Å². The summed E-state index contributed by atoms with van der Waals surface area (Å²) < 4.78 is 26.9. The molecule has 0 saturated heterocycles. The van der Waals surface area contributed by atoms with Gasteiger partial charge in [-0.15, -0.1) is 0 Å². The molecule has 0 aliphatic carbocycles. The summed E-state index contributed by atoms with van der Waals surface area (Å²) in [6.07, 6.45) is 1.42. The zero-order valence-corrected chi connectivity index (χ0v) is 13.7. The zero-order chi connectivity index (χ0) is 15.4. The maximum atomic E-state index is 12.2. The van der Waals surface area contributed by atoms with Crippen LogP contribution in [0.15, 0.2) is 23.1 Å². The van der Waals surface area contributed by atoms with E-state index in [1.165, 1.54) is 0 Å². The molecule has 1 rings (SSSR count). The molecule has 6 heteroatoms. The Morgan fingerprint density at radius 1 is 1.35 bits per heavy atom. The molecule has 0 spiro atoms. The van der Waals surface area contributed by atoms with Gasteiger partial charge in [0.2, 0.25) is 10.0 Å². The van der Waals surface area contributed by atoms with E-state index in [1.54, 1.807) is 25.1 Å². The van der Waals surface area contributed by atoms with Gasteiger partial charge in [-0.3, -0.25) is 0 Å². The number of hydrogen-bond acceptors (Lipinski definition) is 3. The Balaban J connectivity index is 2.65. The average Bonchev–Trinajstić information content (AvgIpc) is 2.38. The van der Waals surface area contributed by atoms with Crippen molar-refractivity contribution in [1.29, 1.82) is 0 Å². The number of halogens is 1. The number of rotatable bonds is 7. The van der Waals surface area contributed by atoms with Gasteiger partial charge in [0.15, 0.2) is 0 Å². The van der Waals surface area contributed by atoms with Crippen LogP contribution in [0.2, 0.25) is 5.02 Å². The number of benzene rings is 1. The molecule has 0 aliphatic heterocycles. The molecule has 0 fully saturated rings. The molecule has 0 aliphatic rings. The molecule has 0 unspecified atom stereocenters. The lowest BCUT2D eigenvalue weighted by atomic mass is 9.89. The van der Waals surface area contributed by atoms with Crippen LogP contribution in [-0.4, -0.2) is 26.7 Å². The van der Waals surface area contributed by atoms with E-state index < -0.39 is 10.0 Å². The van der Waals surface area contributed by atoms with E-state index in [-0.39, 0.29) is 16.9 Å². The number of aliphatic hydroxyl groups excluding tert-OH is 1. The SMILES string of the molecule is Cc1c(Cl)cccc1S(=O)(=O)NCCCC(C)(C)CO. The topological polar surface area (TPSA) is 66.4 Å². The van der Waals surface area contributed by atoms with Gasteiger partial charge >= 0.3 is 0 Å². The molecule has 1 aromatic carbocycles. The molecular formula is C14H22ClNO3S. The summed E-state index contributed by atoms with van der Waals surface area (Å²) in [4.78, 5) is 0.214. The molecule has 0 aromatic heterocycles. The summed E-state index contributed by atoms with van der Waals surface area (Å²) in [6.45, 7) is 6.02. The van der Waals surface area contributed by atoms with Crippen LogP contribution in [0.25, 0.3) is 0 Å². The van der Waals surface area contributed by atoms with Gasteiger partial charge in [0.25, 0.3) is 0 Å². The van der Waals surface area contributed by atoms with Gasteiger partial charge in [-0.05, 0) is 42.9 Å². The summed E-state index contributed by atoms with van der Waals surface area (Å²) in [5.41, 5.74) is 0.370. The zero-order valence-electron chi connectivity index (χ0n) is 12.1. The quantitative estimate of drug-likeness (QED) is 0.759. The molecule has 0 atom stereocenters. The minimum atomic E-state index is -3.53. The molecule has 1 aromatic rings. The Kier molecular flexibility index (Phi) is 6.01. The van der Waals surface area contributed by atoms with Gasteiger partial charge in [-0.2, -0.15) is 0 Å². The monoisotopic (exact) mass is 319 g/mol. The normalized spacial score (nSPS) is 12.7. The predicted molar refractivity (Wildman–Crippen MR) is 81.5 cm³/mol. The van der Waals surface area contributed by atoms with E-state index in [1.807, 2.05) is 13.8 Å². The molecule has 0 saturated carbocycles. The van der Waals surface area contributed by atoms with Crippen molar-refractivity contribution in [2.45, 2.75) is 38.5 Å². The van der Waals surface area contributed by atoms with E-state index in [0.29, 0.717) is 23.6 Å². The maximum absolute atomic E-state index is 12.2. The summed E-state index contributed by atoms with van der Waals surface area (Å²) in [5, 5.41) is 9.58. The number of aliphatic hydroxyl groups is 1. The number of nitrogens with one attached hydrogen (secondary N) is 1. The highest BCUT2D eigenvalue weighted by molar-refractivity contribution is 7.89. The van der Waals surface area contributed by atoms with Crippen LogP contribution in [0.1, 0.15) is 32.3 Å². The van der Waals surface area contributed by atoms with Crippen molar-refractivity contribution in [3.8, 4) is 0 Å². The van der Waals surface area contributed by atoms with E-state index in [4.69, 9.17) is 16.7 Å². The van der Waals surface area contributed by atoms with E-state index in [9.17, 15) is 8.42 Å². The molecule has 0 bridgehead atoms. The third-order valence-corrected chi connectivity index (χ3v) is 5.27. The minimum Gasteiger partial charge on any atom is -0.396 e. The van der Waals surface area contributed by atoms with Crippen LogP contribution in [-0.2, 0) is 10.0 Å². The van der Waals surface area contributed by atoms with Gasteiger partial charge in [0.1, 0.15) is 0 Å². The van der Waals surface area contributed by atoms with Gasteiger partial charge < -0.3 is 5.11 Å². The summed E-state index contributed by atoms with van der Waals surface area (Å²) in [5.74, 6) is 0. The van der Waals surface area contributed by atoms with Crippen LogP contribution in [0, 0.1) is 12.3 Å². The first-order chi connectivity index (χ1) is 9.19. The average molecular weight is 320 g/mol. The van der Waals surface area contributed by atoms with Crippen molar-refractivity contribution < 1.29 is 13.5 Å². The third-order valence-electron chi connectivity index (χ3n) is 3.26. The Labute approximate surface area is 126 Å². The first-order valence-electron chi connectivity index (χ1n) is 6.55. The Morgan fingerprint density at radius 2 is 2.00 bits per heavy atom. The fraction of sp³-hybridized carbons (Fsp3) is 0.571. The first kappa shape index (κ1) is 17.4. The molecule has 0 heterocycles. The standard InChI is InChI=1S/C14H22ClNO3S/c1-11-12(15)6-4-7-13(11)20(18,19)16-9-5-8-14(2,3)10-17/h4,6-7,16-17H,5,8-10H2,1-3H3. The highest BCUT2D eigenvalue weighted by atomic mass is 35.5. The van der Waals surface area contributed by atoms with Crippen molar-refractivity contribution in [2.24, 2.45) is 5.41 Å². The van der Waals surface area contributed by atoms with Gasteiger partial charge in [0, 0.05) is 18.2 Å². The second-order valence-electron chi connectivity index (χ2n) is 5.69. The van der Waals surface area contributed by atoms with E-state index in [2.05, 4.69) is 4.72 Å². The van der Waals surface area contributed by atoms with Crippen LogP contribution in [0.3, 0.4) is 0 Å². The third kappa shape index (κ3) is 4.74. The van der Waals surface area contributed by atoms with Crippen LogP contribution in [0.5, 0.6) is 0 Å². The second-order valence-corrected chi connectivity index (χ2v) is 7.83. The second kappa shape index (κ2) is 6.89. The minimum absolute atomic E-state index is 0.0904. The van der Waals surface area contributed by atoms with Crippen molar-refractivity contribution >= 4 is 21.6 Å². The molecule has 0 amide bonds. The molecule has 4 nitrogen and oxygen atoms in total. The fourth-order valence-corrected chi connectivity index (χ4v) is 3.38. The maximum Gasteiger partial charge on any atom is 0.240 e. The Morgan fingerprint density at radius 3 is 2.60 bits per heavy atom. The van der Waals surface area contributed by atoms with Gasteiger partial charge in [-0.1, -0.05) is 31.5 Å². The summed E-state index contributed by atoms with van der Waals surface area (Å²) in [7, 11) is -3.53. The fourth-order valence-electron chi connectivity index (χ4n) is 1.81. The first-order valence-corrected chi connectivity index (χ1v) is 8.41. The number of sulfonamides is 1. The molecule has 0 radical (unpaired) electrons. The predicted octanol–water partition coefficient (Wildman–Crippen LogP) is 2.73. The Hall–Kier alpha value is -0.620. The largest absolute Gasteiger partial charge is 0.396 e. The number of hydrogen-bond donors (Lipinski definition) is 2. The van der Waals surface area contributed by atoms with E-state index >= 15 is 0 Å². The lowest BCUT2D eigenvalue weighted by Crippen LogP contribution is -2.27. The summed E-state index contributed by atoms with van der Waals surface area (Å²) in [6, 6.07) is 4.83. The smallest absolute Gasteiger partial charge is 0.240 e. The lowest BCUT2D eigenvalue weighted by Gasteiger charge is -2.21. The van der Waals surface area contributed by atoms with Gasteiger partial charge in [-0.25, -0.2) is 13.1 Å². The highest BCUT2D eigenvalue weighted by Gasteiger charge is 2.19.